The summed E-state index contributed by atoms with van der Waals surface area (Å²) in [4.78, 5) is -0.0273. The minimum atomic E-state index is -4.47. The van der Waals surface area contributed by atoms with Crippen LogP contribution in [0.15, 0.2) is 35.2 Å². The Morgan fingerprint density at radius 1 is 0.957 bits per heavy atom. The summed E-state index contributed by atoms with van der Waals surface area (Å²) >= 11 is 0. The molecule has 0 bridgehead atoms. The first-order chi connectivity index (χ1) is 10.5. The van der Waals surface area contributed by atoms with E-state index in [2.05, 4.69) is 6.92 Å². The summed E-state index contributed by atoms with van der Waals surface area (Å²) in [5, 5.41) is 1.40. The van der Waals surface area contributed by atoms with Crippen molar-refractivity contribution in [1.82, 2.24) is 0 Å². The Kier molecular flexibility index (Phi) is 8.25. The summed E-state index contributed by atoms with van der Waals surface area (Å²) in [7, 11) is -4.47. The second-order valence-electron chi connectivity index (χ2n) is 5.77. The summed E-state index contributed by atoms with van der Waals surface area (Å²) in [5.41, 5.74) is 1.83. The monoisotopic (exact) mass is 342 g/mol. The van der Waals surface area contributed by atoms with Crippen LogP contribution in [0.5, 0.6) is 0 Å². The fourth-order valence-corrected chi connectivity index (χ4v) is 3.74. The molecule has 0 aliphatic heterocycles. The molecule has 0 aromatic heterocycles. The molecule has 0 heterocycles. The van der Waals surface area contributed by atoms with Crippen LogP contribution in [0, 0.1) is 0 Å². The molecule has 0 unspecified atom stereocenters. The number of unbranched alkanes of at least 4 members (excludes halogenated alkanes) is 2. The van der Waals surface area contributed by atoms with Crippen LogP contribution in [0.2, 0.25) is 0 Å². The third-order valence-corrected chi connectivity index (χ3v) is 4.97. The Labute approximate surface area is 161 Å². The van der Waals surface area contributed by atoms with Gasteiger partial charge < -0.3 is 4.55 Å². The van der Waals surface area contributed by atoms with Crippen LogP contribution in [-0.4, -0.2) is 13.0 Å². The van der Waals surface area contributed by atoms with Crippen molar-refractivity contribution < 1.29 is 42.5 Å². The number of fused-ring (bicyclic) bond motifs is 1. The molecule has 3 nitrogen and oxygen atoms in total. The van der Waals surface area contributed by atoms with Crippen molar-refractivity contribution in [2.45, 2.75) is 57.3 Å². The van der Waals surface area contributed by atoms with E-state index in [0.717, 1.165) is 37.5 Å². The van der Waals surface area contributed by atoms with Gasteiger partial charge in [0, 0.05) is 0 Å². The molecule has 0 amide bonds. The molecule has 2 rings (SSSR count). The van der Waals surface area contributed by atoms with Crippen molar-refractivity contribution in [2.75, 3.05) is 0 Å². The van der Waals surface area contributed by atoms with Crippen LogP contribution in [-0.2, 0) is 23.0 Å². The average Bonchev–Trinajstić information content (AvgIpc) is 2.48. The molecule has 0 saturated carbocycles. The quantitative estimate of drug-likeness (QED) is 0.565. The summed E-state index contributed by atoms with van der Waals surface area (Å²) in [5.74, 6) is 0. The van der Waals surface area contributed by atoms with Gasteiger partial charge in [-0.25, -0.2) is 8.42 Å². The molecule has 0 atom stereocenters. The zero-order valence-corrected chi connectivity index (χ0v) is 17.1. The summed E-state index contributed by atoms with van der Waals surface area (Å²) < 4.78 is 35.2. The van der Waals surface area contributed by atoms with E-state index >= 15 is 0 Å². The molecule has 0 N–H and O–H groups in total. The van der Waals surface area contributed by atoms with Gasteiger partial charge in [0.15, 0.2) is 0 Å². The minimum absolute atomic E-state index is 0. The fraction of sp³-hybridized carbons (Fsp3) is 0.444. The van der Waals surface area contributed by atoms with Gasteiger partial charge in [0.25, 0.3) is 0 Å². The Balaban J connectivity index is 0.00000264. The topological polar surface area (TPSA) is 57.2 Å². The van der Waals surface area contributed by atoms with E-state index in [-0.39, 0.29) is 34.5 Å². The first kappa shape index (κ1) is 20.7. The Morgan fingerprint density at radius 3 is 2.22 bits per heavy atom. The van der Waals surface area contributed by atoms with Gasteiger partial charge in [-0.1, -0.05) is 57.0 Å². The van der Waals surface area contributed by atoms with Gasteiger partial charge in [-0.3, -0.25) is 0 Å². The molecule has 5 heteroatoms. The van der Waals surface area contributed by atoms with E-state index in [9.17, 15) is 13.0 Å². The first-order valence-corrected chi connectivity index (χ1v) is 9.38. The van der Waals surface area contributed by atoms with Gasteiger partial charge in [0.2, 0.25) is 0 Å². The van der Waals surface area contributed by atoms with Crippen LogP contribution in [0.25, 0.3) is 10.8 Å². The van der Waals surface area contributed by atoms with Gasteiger partial charge >= 0.3 is 29.6 Å². The number of rotatable bonds is 7. The van der Waals surface area contributed by atoms with Gasteiger partial charge in [-0.15, -0.1) is 0 Å². The van der Waals surface area contributed by atoms with Gasteiger partial charge in [0.1, 0.15) is 10.1 Å². The van der Waals surface area contributed by atoms with Crippen molar-refractivity contribution in [2.24, 2.45) is 0 Å². The van der Waals surface area contributed by atoms with Gasteiger partial charge in [-0.05, 0) is 47.6 Å². The Hall–Kier alpha value is -0.390. The Bertz CT molecular complexity index is 754. The molecule has 0 aliphatic carbocycles. The van der Waals surface area contributed by atoms with Crippen LogP contribution in [0.3, 0.4) is 0 Å². The SMILES string of the molecule is CCCCc1ccc2c(S(=O)(=O)[O-])c(CCCC)ccc2c1.[Na+]. The number of hydrogen-bond donors (Lipinski definition) is 0. The van der Waals surface area contributed by atoms with Crippen molar-refractivity contribution in [3.05, 3.63) is 41.5 Å². The molecule has 2 aromatic rings. The fourth-order valence-electron chi connectivity index (χ4n) is 2.79. The second kappa shape index (κ2) is 9.19. The predicted octanol–water partition coefficient (Wildman–Crippen LogP) is 1.43. The normalized spacial score (nSPS) is 11.4. The zero-order valence-electron chi connectivity index (χ0n) is 14.3. The average molecular weight is 342 g/mol. The molecule has 0 spiro atoms. The number of hydrogen-bond acceptors (Lipinski definition) is 3. The number of aryl methyl sites for hydroxylation is 2. The molecule has 120 valence electrons. The van der Waals surface area contributed by atoms with E-state index in [0.29, 0.717) is 17.4 Å². The summed E-state index contributed by atoms with van der Waals surface area (Å²) in [6, 6.07) is 9.47. The van der Waals surface area contributed by atoms with Crippen LogP contribution in [0.1, 0.15) is 50.7 Å². The van der Waals surface area contributed by atoms with E-state index < -0.39 is 10.1 Å². The first-order valence-electron chi connectivity index (χ1n) is 7.97. The van der Waals surface area contributed by atoms with Crippen LogP contribution in [0.4, 0.5) is 0 Å². The van der Waals surface area contributed by atoms with Gasteiger partial charge in [0.05, 0.1) is 4.90 Å². The molecule has 0 saturated heterocycles. The third-order valence-electron chi connectivity index (χ3n) is 3.99. The van der Waals surface area contributed by atoms with E-state index in [1.165, 1.54) is 5.56 Å². The zero-order chi connectivity index (χ0) is 16.2. The van der Waals surface area contributed by atoms with Crippen molar-refractivity contribution in [3.8, 4) is 0 Å². The number of benzene rings is 2. The molecule has 2 aromatic carbocycles. The maximum absolute atomic E-state index is 11.7. The van der Waals surface area contributed by atoms with Crippen LogP contribution >= 0.6 is 0 Å². The summed E-state index contributed by atoms with van der Waals surface area (Å²) in [6.45, 7) is 4.19. The largest absolute Gasteiger partial charge is 1.00 e. The van der Waals surface area contributed by atoms with Crippen LogP contribution < -0.4 is 29.6 Å². The molecule has 0 fully saturated rings. The van der Waals surface area contributed by atoms with Crippen molar-refractivity contribution in [3.63, 3.8) is 0 Å². The molecular weight excluding hydrogens is 319 g/mol. The maximum atomic E-state index is 11.7. The molecule has 0 radical (unpaired) electrons. The van der Waals surface area contributed by atoms with E-state index in [1.54, 1.807) is 12.1 Å². The smallest absolute Gasteiger partial charge is 0.744 e. The molecule has 0 aliphatic rings. The molecular formula is C18H23NaO3S. The van der Waals surface area contributed by atoms with Crippen molar-refractivity contribution in [1.29, 1.82) is 0 Å². The minimum Gasteiger partial charge on any atom is -0.744 e. The predicted molar refractivity (Wildman–Crippen MR) is 89.1 cm³/mol. The van der Waals surface area contributed by atoms with E-state index in [4.69, 9.17) is 0 Å². The van der Waals surface area contributed by atoms with Crippen molar-refractivity contribution >= 4 is 20.9 Å². The maximum Gasteiger partial charge on any atom is 1.00 e. The van der Waals surface area contributed by atoms with Gasteiger partial charge in [-0.2, -0.15) is 0 Å². The molecule has 23 heavy (non-hydrogen) atoms. The summed E-state index contributed by atoms with van der Waals surface area (Å²) in [6.07, 6.45) is 5.67. The Morgan fingerprint density at radius 2 is 1.61 bits per heavy atom. The second-order valence-corrected chi connectivity index (χ2v) is 7.09. The standard InChI is InChI=1S/C18H24O3S.Na/c1-3-5-7-14-9-12-17-16(13-14)11-10-15(8-6-4-2)18(17)22(19,20)21;/h9-13H,3-8H2,1-2H3,(H,19,20,21);/q;+1/p-1. The van der Waals surface area contributed by atoms with E-state index in [1.807, 2.05) is 25.1 Å². The third kappa shape index (κ3) is 5.30.